The van der Waals surface area contributed by atoms with Crippen molar-refractivity contribution in [1.82, 2.24) is 10.0 Å². The highest BCUT2D eigenvalue weighted by Crippen LogP contribution is 2.15. The molecule has 0 saturated heterocycles. The van der Waals surface area contributed by atoms with Crippen LogP contribution in [-0.2, 0) is 21.4 Å². The van der Waals surface area contributed by atoms with E-state index in [1.165, 1.54) is 12.1 Å². The largest absolute Gasteiger partial charge is 0.351 e. The third-order valence-electron chi connectivity index (χ3n) is 2.79. The summed E-state index contributed by atoms with van der Waals surface area (Å²) in [5, 5.41) is 4.69. The predicted molar refractivity (Wildman–Crippen MR) is 90.1 cm³/mol. The van der Waals surface area contributed by atoms with Gasteiger partial charge in [-0.05, 0) is 29.6 Å². The number of hydrogen-bond acceptors (Lipinski definition) is 4. The van der Waals surface area contributed by atoms with E-state index in [4.69, 9.17) is 0 Å². The van der Waals surface area contributed by atoms with Crippen molar-refractivity contribution in [2.75, 3.05) is 6.54 Å². The first kappa shape index (κ1) is 17.1. The lowest BCUT2D eigenvalue weighted by Crippen LogP contribution is -2.30. The Kier molecular flexibility index (Phi) is 6.13. The summed E-state index contributed by atoms with van der Waals surface area (Å²) in [6, 6.07) is 10.3. The van der Waals surface area contributed by atoms with Crippen LogP contribution in [0.3, 0.4) is 0 Å². The third-order valence-corrected chi connectivity index (χ3v) is 5.62. The minimum Gasteiger partial charge on any atom is -0.351 e. The smallest absolute Gasteiger partial charge is 0.240 e. The fourth-order valence-corrected chi connectivity index (χ4v) is 3.98. The molecule has 0 radical (unpaired) electrons. The minimum absolute atomic E-state index is 0.0606. The Balaban J connectivity index is 1.78. The fourth-order valence-electron chi connectivity index (χ4n) is 1.70. The average Bonchev–Trinajstić information content (AvgIpc) is 2.98. The molecule has 0 fully saturated rings. The highest BCUT2D eigenvalue weighted by atomic mass is 79.9. The summed E-state index contributed by atoms with van der Waals surface area (Å²) < 4.78 is 27.2. The number of amides is 1. The molecule has 8 heteroatoms. The van der Waals surface area contributed by atoms with Crippen LogP contribution in [0.1, 0.15) is 11.3 Å². The number of carbonyl (C=O) groups excluding carboxylic acids is 1. The van der Waals surface area contributed by atoms with Gasteiger partial charge in [0.25, 0.3) is 0 Å². The van der Waals surface area contributed by atoms with E-state index in [2.05, 4.69) is 26.0 Å². The molecular formula is C14H15BrN2O3S2. The molecule has 0 aliphatic rings. The molecule has 0 atom stereocenters. The highest BCUT2D eigenvalue weighted by Gasteiger charge is 2.14. The zero-order valence-corrected chi connectivity index (χ0v) is 14.8. The van der Waals surface area contributed by atoms with Gasteiger partial charge in [0.1, 0.15) is 0 Å². The molecular weight excluding hydrogens is 388 g/mol. The van der Waals surface area contributed by atoms with Gasteiger partial charge in [-0.2, -0.15) is 0 Å². The fraction of sp³-hybridized carbons (Fsp3) is 0.214. The van der Waals surface area contributed by atoms with E-state index in [9.17, 15) is 13.2 Å². The second-order valence-corrected chi connectivity index (χ2v) is 8.18. The Morgan fingerprint density at radius 1 is 1.23 bits per heavy atom. The molecule has 1 aromatic carbocycles. The summed E-state index contributed by atoms with van der Waals surface area (Å²) in [6.45, 7) is 0.528. The quantitative estimate of drug-likeness (QED) is 0.746. The van der Waals surface area contributed by atoms with Gasteiger partial charge in [-0.25, -0.2) is 13.1 Å². The Bertz CT molecular complexity index is 730. The number of sulfonamides is 1. The summed E-state index contributed by atoms with van der Waals surface area (Å²) in [6.07, 6.45) is 0.0958. The number of hydrogen-bond donors (Lipinski definition) is 2. The highest BCUT2D eigenvalue weighted by molar-refractivity contribution is 9.10. The summed E-state index contributed by atoms with van der Waals surface area (Å²) in [5.74, 6) is -0.189. The average molecular weight is 403 g/mol. The molecule has 0 bridgehead atoms. The van der Waals surface area contributed by atoms with Crippen molar-refractivity contribution in [3.63, 3.8) is 0 Å². The van der Waals surface area contributed by atoms with Crippen molar-refractivity contribution in [3.05, 3.63) is 51.1 Å². The second-order valence-electron chi connectivity index (χ2n) is 4.46. The van der Waals surface area contributed by atoms with E-state index in [1.807, 2.05) is 17.5 Å². The molecule has 0 unspecified atom stereocenters. The number of thiophene rings is 1. The topological polar surface area (TPSA) is 75.3 Å². The van der Waals surface area contributed by atoms with Gasteiger partial charge in [0.05, 0.1) is 11.4 Å². The monoisotopic (exact) mass is 402 g/mol. The Hall–Kier alpha value is -1.22. The van der Waals surface area contributed by atoms with E-state index < -0.39 is 10.0 Å². The van der Waals surface area contributed by atoms with Crippen molar-refractivity contribution < 1.29 is 13.2 Å². The van der Waals surface area contributed by atoms with Gasteiger partial charge in [0.15, 0.2) is 0 Å². The van der Waals surface area contributed by atoms with E-state index in [1.54, 1.807) is 23.5 Å². The van der Waals surface area contributed by atoms with Gasteiger partial charge in [0, 0.05) is 22.3 Å². The van der Waals surface area contributed by atoms with Gasteiger partial charge in [-0.1, -0.05) is 28.1 Å². The Morgan fingerprint density at radius 2 is 2.05 bits per heavy atom. The number of rotatable bonds is 7. The van der Waals surface area contributed by atoms with Crippen LogP contribution in [0.25, 0.3) is 0 Å². The molecule has 0 spiro atoms. The molecule has 1 heterocycles. The zero-order valence-electron chi connectivity index (χ0n) is 11.6. The molecule has 5 nitrogen and oxygen atoms in total. The zero-order chi connectivity index (χ0) is 16.0. The van der Waals surface area contributed by atoms with Crippen LogP contribution in [0.2, 0.25) is 0 Å². The van der Waals surface area contributed by atoms with Crippen molar-refractivity contribution in [3.8, 4) is 0 Å². The van der Waals surface area contributed by atoms with E-state index in [0.717, 1.165) is 4.88 Å². The number of carbonyl (C=O) groups is 1. The lowest BCUT2D eigenvalue weighted by molar-refractivity contribution is -0.121. The normalized spacial score (nSPS) is 11.3. The van der Waals surface area contributed by atoms with Gasteiger partial charge in [-0.15, -0.1) is 11.3 Å². The predicted octanol–water partition coefficient (Wildman–Crippen LogP) is 2.50. The summed E-state index contributed by atoms with van der Waals surface area (Å²) in [7, 11) is -3.59. The molecule has 118 valence electrons. The standard InChI is InChI=1S/C14H15BrN2O3S2/c15-11-3-1-5-13(9-11)22(19,20)17-7-6-14(18)16-10-12-4-2-8-21-12/h1-5,8-9,17H,6-7,10H2,(H,16,18). The Morgan fingerprint density at radius 3 is 2.73 bits per heavy atom. The van der Waals surface area contributed by atoms with Crippen molar-refractivity contribution in [2.45, 2.75) is 17.9 Å². The van der Waals surface area contributed by atoms with Crippen molar-refractivity contribution in [2.24, 2.45) is 0 Å². The molecule has 1 amide bonds. The molecule has 1 aromatic heterocycles. The van der Waals surface area contributed by atoms with Crippen LogP contribution < -0.4 is 10.0 Å². The number of benzene rings is 1. The first-order valence-electron chi connectivity index (χ1n) is 6.52. The maximum Gasteiger partial charge on any atom is 0.240 e. The van der Waals surface area contributed by atoms with E-state index in [-0.39, 0.29) is 23.8 Å². The summed E-state index contributed by atoms with van der Waals surface area (Å²) >= 11 is 4.79. The molecule has 2 aromatic rings. The summed E-state index contributed by atoms with van der Waals surface area (Å²) in [5.41, 5.74) is 0. The number of nitrogens with one attached hydrogen (secondary N) is 2. The lowest BCUT2D eigenvalue weighted by Gasteiger charge is -2.07. The maximum absolute atomic E-state index is 12.0. The van der Waals surface area contributed by atoms with E-state index in [0.29, 0.717) is 11.0 Å². The molecule has 2 rings (SSSR count). The summed E-state index contributed by atoms with van der Waals surface area (Å²) in [4.78, 5) is 12.9. The third kappa shape index (κ3) is 5.20. The molecule has 0 aliphatic heterocycles. The SMILES string of the molecule is O=C(CCNS(=O)(=O)c1cccc(Br)c1)NCc1cccs1. The van der Waals surface area contributed by atoms with Crippen LogP contribution in [0.15, 0.2) is 51.1 Å². The van der Waals surface area contributed by atoms with Gasteiger partial charge in [-0.3, -0.25) is 4.79 Å². The van der Waals surface area contributed by atoms with Gasteiger partial charge >= 0.3 is 0 Å². The molecule has 22 heavy (non-hydrogen) atoms. The van der Waals surface area contributed by atoms with Gasteiger partial charge in [0.2, 0.25) is 15.9 Å². The minimum atomic E-state index is -3.59. The van der Waals surface area contributed by atoms with Crippen LogP contribution in [-0.4, -0.2) is 20.9 Å². The molecule has 0 saturated carbocycles. The lowest BCUT2D eigenvalue weighted by atomic mass is 10.4. The first-order valence-corrected chi connectivity index (χ1v) is 9.67. The van der Waals surface area contributed by atoms with Crippen LogP contribution >= 0.6 is 27.3 Å². The van der Waals surface area contributed by atoms with Crippen LogP contribution in [0.4, 0.5) is 0 Å². The van der Waals surface area contributed by atoms with Crippen LogP contribution in [0.5, 0.6) is 0 Å². The van der Waals surface area contributed by atoms with Gasteiger partial charge < -0.3 is 5.32 Å². The molecule has 2 N–H and O–H groups in total. The van der Waals surface area contributed by atoms with E-state index >= 15 is 0 Å². The maximum atomic E-state index is 12.0. The second kappa shape index (κ2) is 7.87. The first-order chi connectivity index (χ1) is 10.5. The van der Waals surface area contributed by atoms with Crippen molar-refractivity contribution >= 4 is 43.2 Å². The van der Waals surface area contributed by atoms with Crippen LogP contribution in [0, 0.1) is 0 Å². The van der Waals surface area contributed by atoms with Crippen molar-refractivity contribution in [1.29, 1.82) is 0 Å². The number of halogens is 1. The Labute approximate surface area is 141 Å². The molecule has 0 aliphatic carbocycles.